The lowest BCUT2D eigenvalue weighted by Crippen LogP contribution is -2.15. The average Bonchev–Trinajstić information content (AvgIpc) is 2.37. The van der Waals surface area contributed by atoms with Gasteiger partial charge in [-0.25, -0.2) is 12.8 Å². The van der Waals surface area contributed by atoms with Crippen molar-refractivity contribution in [2.24, 2.45) is 0 Å². The van der Waals surface area contributed by atoms with Gasteiger partial charge in [0, 0.05) is 10.7 Å². The summed E-state index contributed by atoms with van der Waals surface area (Å²) in [6.45, 7) is 3.25. The average molecular weight is 329 g/mol. The molecule has 0 unspecified atom stereocenters. The Labute approximate surface area is 127 Å². The van der Waals surface area contributed by atoms with E-state index in [9.17, 15) is 12.8 Å². The molecule has 0 spiro atoms. The minimum Gasteiger partial charge on any atom is -0.399 e. The van der Waals surface area contributed by atoms with Gasteiger partial charge < -0.3 is 5.73 Å². The van der Waals surface area contributed by atoms with Crippen LogP contribution in [0.25, 0.3) is 0 Å². The quantitative estimate of drug-likeness (QED) is 0.847. The van der Waals surface area contributed by atoms with Gasteiger partial charge in [-0.1, -0.05) is 17.7 Å². The highest BCUT2D eigenvalue weighted by Crippen LogP contribution is 2.26. The van der Waals surface area contributed by atoms with Crippen molar-refractivity contribution < 1.29 is 12.8 Å². The molecule has 0 saturated carbocycles. The summed E-state index contributed by atoms with van der Waals surface area (Å²) in [5, 5.41) is 0.416. The van der Waals surface area contributed by atoms with Crippen molar-refractivity contribution >= 4 is 33.0 Å². The maximum absolute atomic E-state index is 14.0. The van der Waals surface area contributed by atoms with Crippen LogP contribution < -0.4 is 10.5 Å². The Morgan fingerprint density at radius 2 is 1.81 bits per heavy atom. The largest absolute Gasteiger partial charge is 0.399 e. The van der Waals surface area contributed by atoms with E-state index in [1.165, 1.54) is 19.1 Å². The van der Waals surface area contributed by atoms with Gasteiger partial charge in [-0.15, -0.1) is 0 Å². The third-order valence-electron chi connectivity index (χ3n) is 2.96. The zero-order valence-electron chi connectivity index (χ0n) is 11.4. The van der Waals surface area contributed by atoms with Gasteiger partial charge in [0.15, 0.2) is 0 Å². The summed E-state index contributed by atoms with van der Waals surface area (Å²) in [4.78, 5) is -0.489. The van der Waals surface area contributed by atoms with Crippen LogP contribution in [-0.2, 0) is 10.0 Å². The second-order valence-corrected chi connectivity index (χ2v) is 6.78. The molecular formula is C14H14ClFN2O2S. The number of rotatable bonds is 3. The number of hydrogen-bond acceptors (Lipinski definition) is 3. The Morgan fingerprint density at radius 3 is 2.43 bits per heavy atom. The standard InChI is InChI=1S/C14H14ClFN2O2S/c1-8-3-4-11(7-12(8)15)18-21(19,20)13-6-10(17)5-9(2)14(13)16/h3-7,18H,17H2,1-2H3. The van der Waals surface area contributed by atoms with Crippen molar-refractivity contribution in [3.63, 3.8) is 0 Å². The van der Waals surface area contributed by atoms with Crippen LogP contribution in [0.3, 0.4) is 0 Å². The molecule has 0 radical (unpaired) electrons. The van der Waals surface area contributed by atoms with Crippen molar-refractivity contribution in [1.29, 1.82) is 0 Å². The molecule has 0 aromatic heterocycles. The van der Waals surface area contributed by atoms with Crippen molar-refractivity contribution in [2.45, 2.75) is 18.7 Å². The summed E-state index contributed by atoms with van der Waals surface area (Å²) in [6, 6.07) is 7.14. The monoisotopic (exact) mass is 328 g/mol. The number of nitrogens with one attached hydrogen (secondary N) is 1. The van der Waals surface area contributed by atoms with Gasteiger partial charge in [-0.05, 0) is 49.2 Å². The third-order valence-corrected chi connectivity index (χ3v) is 4.74. The van der Waals surface area contributed by atoms with Crippen molar-refractivity contribution in [2.75, 3.05) is 10.5 Å². The molecule has 2 rings (SSSR count). The molecule has 0 aliphatic heterocycles. The number of anilines is 2. The molecule has 0 aliphatic carbocycles. The summed E-state index contributed by atoms with van der Waals surface area (Å²) < 4.78 is 40.9. The fourth-order valence-electron chi connectivity index (χ4n) is 1.83. The first-order chi connectivity index (χ1) is 9.70. The summed E-state index contributed by atoms with van der Waals surface area (Å²) in [6.07, 6.45) is 0. The third kappa shape index (κ3) is 3.28. The maximum Gasteiger partial charge on any atom is 0.264 e. The van der Waals surface area contributed by atoms with Gasteiger partial charge in [0.2, 0.25) is 0 Å². The topological polar surface area (TPSA) is 72.2 Å². The lowest BCUT2D eigenvalue weighted by atomic mass is 10.2. The Balaban J connectivity index is 2.45. The van der Waals surface area contributed by atoms with Crippen LogP contribution in [0, 0.1) is 19.7 Å². The molecule has 7 heteroatoms. The second kappa shape index (κ2) is 5.54. The molecule has 2 aromatic carbocycles. The van der Waals surface area contributed by atoms with Gasteiger partial charge in [0.25, 0.3) is 10.0 Å². The van der Waals surface area contributed by atoms with Gasteiger partial charge in [-0.2, -0.15) is 0 Å². The van der Waals surface area contributed by atoms with Crippen LogP contribution in [0.5, 0.6) is 0 Å². The zero-order chi connectivity index (χ0) is 15.8. The molecule has 0 saturated heterocycles. The number of aryl methyl sites for hydroxylation is 2. The van der Waals surface area contributed by atoms with Crippen LogP contribution in [0.15, 0.2) is 35.2 Å². The number of nitrogens with two attached hydrogens (primary N) is 1. The summed E-state index contributed by atoms with van der Waals surface area (Å²) in [5.74, 6) is -0.824. The number of halogens is 2. The van der Waals surface area contributed by atoms with Crippen molar-refractivity contribution in [3.8, 4) is 0 Å². The molecule has 4 nitrogen and oxygen atoms in total. The van der Waals surface area contributed by atoms with E-state index in [2.05, 4.69) is 4.72 Å². The highest BCUT2D eigenvalue weighted by atomic mass is 35.5. The minimum atomic E-state index is -4.08. The van der Waals surface area contributed by atoms with E-state index in [1.807, 2.05) is 0 Å². The SMILES string of the molecule is Cc1ccc(NS(=O)(=O)c2cc(N)cc(C)c2F)cc1Cl. The number of sulfonamides is 1. The fourth-order valence-corrected chi connectivity index (χ4v) is 3.24. The summed E-state index contributed by atoms with van der Waals surface area (Å²) in [7, 11) is -4.08. The summed E-state index contributed by atoms with van der Waals surface area (Å²) >= 11 is 5.94. The number of hydrogen-bond donors (Lipinski definition) is 2. The molecule has 3 N–H and O–H groups in total. The predicted octanol–water partition coefficient (Wildman–Crippen LogP) is 3.48. The number of benzene rings is 2. The van der Waals surface area contributed by atoms with Gasteiger partial charge in [0.05, 0.1) is 5.69 Å². The highest BCUT2D eigenvalue weighted by molar-refractivity contribution is 7.92. The zero-order valence-corrected chi connectivity index (χ0v) is 13.0. The Kier molecular flexibility index (Phi) is 4.11. The van der Waals surface area contributed by atoms with Crippen molar-refractivity contribution in [1.82, 2.24) is 0 Å². The van der Waals surface area contributed by atoms with Gasteiger partial charge >= 0.3 is 0 Å². The van der Waals surface area contributed by atoms with Gasteiger partial charge in [0.1, 0.15) is 10.7 Å². The van der Waals surface area contributed by atoms with Crippen LogP contribution in [0.4, 0.5) is 15.8 Å². The first-order valence-corrected chi connectivity index (χ1v) is 7.91. The molecule has 0 atom stereocenters. The maximum atomic E-state index is 14.0. The fraction of sp³-hybridized carbons (Fsp3) is 0.143. The number of nitrogen functional groups attached to an aromatic ring is 1. The van der Waals surface area contributed by atoms with Crippen LogP contribution >= 0.6 is 11.6 Å². The van der Waals surface area contributed by atoms with E-state index in [-0.39, 0.29) is 16.9 Å². The summed E-state index contributed by atoms with van der Waals surface area (Å²) in [5.41, 5.74) is 6.99. The lowest BCUT2D eigenvalue weighted by Gasteiger charge is -2.11. The first kappa shape index (κ1) is 15.6. The first-order valence-electron chi connectivity index (χ1n) is 6.05. The van der Waals surface area contributed by atoms with Crippen LogP contribution in [0.1, 0.15) is 11.1 Å². The smallest absolute Gasteiger partial charge is 0.264 e. The molecule has 0 heterocycles. The van der Waals surface area contributed by atoms with Gasteiger partial charge in [-0.3, -0.25) is 4.72 Å². The molecule has 0 bridgehead atoms. The highest BCUT2D eigenvalue weighted by Gasteiger charge is 2.21. The van der Waals surface area contributed by atoms with Crippen LogP contribution in [0.2, 0.25) is 5.02 Å². The van der Waals surface area contributed by atoms with Crippen molar-refractivity contribution in [3.05, 3.63) is 52.3 Å². The van der Waals surface area contributed by atoms with E-state index in [4.69, 9.17) is 17.3 Å². The normalized spacial score (nSPS) is 11.4. The molecule has 0 amide bonds. The minimum absolute atomic E-state index is 0.164. The molecule has 112 valence electrons. The molecule has 0 fully saturated rings. The Bertz CT molecular complexity index is 807. The Hall–Kier alpha value is -1.79. The Morgan fingerprint density at radius 1 is 1.14 bits per heavy atom. The van der Waals surface area contributed by atoms with Crippen LogP contribution in [-0.4, -0.2) is 8.42 Å². The molecule has 2 aromatic rings. The van der Waals surface area contributed by atoms with E-state index < -0.39 is 20.7 Å². The van der Waals surface area contributed by atoms with E-state index in [0.717, 1.165) is 11.6 Å². The van der Waals surface area contributed by atoms with E-state index >= 15 is 0 Å². The molecule has 21 heavy (non-hydrogen) atoms. The van der Waals surface area contributed by atoms with E-state index in [1.54, 1.807) is 19.1 Å². The lowest BCUT2D eigenvalue weighted by molar-refractivity contribution is 0.565. The second-order valence-electron chi connectivity index (χ2n) is 4.72. The predicted molar refractivity (Wildman–Crippen MR) is 82.5 cm³/mol. The molecular weight excluding hydrogens is 315 g/mol. The van der Waals surface area contributed by atoms with E-state index in [0.29, 0.717) is 5.02 Å². The molecule has 0 aliphatic rings.